The highest BCUT2D eigenvalue weighted by Crippen LogP contribution is 2.25. The van der Waals surface area contributed by atoms with Gasteiger partial charge in [-0.3, -0.25) is 4.90 Å². The zero-order valence-electron chi connectivity index (χ0n) is 8.11. The quantitative estimate of drug-likeness (QED) is 0.702. The molecule has 14 heavy (non-hydrogen) atoms. The largest absolute Gasteiger partial charge is 0.504 e. The van der Waals surface area contributed by atoms with Gasteiger partial charge in [0.05, 0.1) is 0 Å². The molecule has 1 aliphatic heterocycles. The number of likely N-dealkylation sites (tertiary alicyclic amines) is 1. The number of hydrogen-bond acceptors (Lipinski definition) is 3. The van der Waals surface area contributed by atoms with E-state index in [1.807, 2.05) is 6.07 Å². The summed E-state index contributed by atoms with van der Waals surface area (Å²) in [5, 5.41) is 18.4. The summed E-state index contributed by atoms with van der Waals surface area (Å²) in [6.07, 6.45) is 2.54. The van der Waals surface area contributed by atoms with Crippen molar-refractivity contribution in [3.8, 4) is 11.5 Å². The minimum atomic E-state index is -0.0461. The van der Waals surface area contributed by atoms with Crippen molar-refractivity contribution in [3.05, 3.63) is 23.8 Å². The lowest BCUT2D eigenvalue weighted by atomic mass is 10.2. The highest BCUT2D eigenvalue weighted by molar-refractivity contribution is 5.40. The Morgan fingerprint density at radius 3 is 2.43 bits per heavy atom. The Kier molecular flexibility index (Phi) is 2.59. The Morgan fingerprint density at radius 2 is 1.79 bits per heavy atom. The number of phenols is 2. The first kappa shape index (κ1) is 9.34. The molecule has 0 radical (unpaired) electrons. The molecule has 1 heterocycles. The van der Waals surface area contributed by atoms with Crippen LogP contribution in [-0.4, -0.2) is 28.2 Å². The van der Waals surface area contributed by atoms with Crippen molar-refractivity contribution >= 4 is 0 Å². The summed E-state index contributed by atoms with van der Waals surface area (Å²) in [6, 6.07) is 5.03. The number of nitrogens with zero attached hydrogens (tertiary/aromatic N) is 1. The summed E-state index contributed by atoms with van der Waals surface area (Å²) >= 11 is 0. The van der Waals surface area contributed by atoms with E-state index in [0.717, 1.165) is 25.2 Å². The predicted octanol–water partition coefficient (Wildman–Crippen LogP) is 1.69. The summed E-state index contributed by atoms with van der Waals surface area (Å²) in [5.41, 5.74) is 1.06. The second kappa shape index (κ2) is 3.88. The van der Waals surface area contributed by atoms with Gasteiger partial charge in [-0.1, -0.05) is 6.07 Å². The lowest BCUT2D eigenvalue weighted by Gasteiger charge is -2.14. The summed E-state index contributed by atoms with van der Waals surface area (Å²) in [4.78, 5) is 2.35. The molecular weight excluding hydrogens is 178 g/mol. The van der Waals surface area contributed by atoms with Gasteiger partial charge in [0.2, 0.25) is 0 Å². The molecule has 0 spiro atoms. The van der Waals surface area contributed by atoms with Crippen molar-refractivity contribution < 1.29 is 10.2 Å². The normalized spacial score (nSPS) is 17.4. The summed E-state index contributed by atoms with van der Waals surface area (Å²) in [5.74, 6) is -0.0723. The minimum absolute atomic E-state index is 0.0262. The number of aromatic hydroxyl groups is 2. The third-order valence-electron chi connectivity index (χ3n) is 2.64. The number of rotatable bonds is 2. The molecule has 1 aromatic rings. The zero-order valence-corrected chi connectivity index (χ0v) is 8.11. The second-order valence-electron chi connectivity index (χ2n) is 3.81. The van der Waals surface area contributed by atoms with E-state index in [9.17, 15) is 5.11 Å². The number of benzene rings is 1. The smallest absolute Gasteiger partial charge is 0.157 e. The van der Waals surface area contributed by atoms with Crippen LogP contribution in [0.2, 0.25) is 0 Å². The van der Waals surface area contributed by atoms with Crippen molar-refractivity contribution in [3.63, 3.8) is 0 Å². The molecule has 0 aromatic heterocycles. The van der Waals surface area contributed by atoms with E-state index in [1.165, 1.54) is 12.8 Å². The van der Waals surface area contributed by atoms with E-state index < -0.39 is 0 Å². The van der Waals surface area contributed by atoms with Crippen LogP contribution in [0.5, 0.6) is 11.5 Å². The Bertz CT molecular complexity index is 319. The molecule has 0 saturated carbocycles. The fourth-order valence-corrected chi connectivity index (χ4v) is 1.87. The van der Waals surface area contributed by atoms with Crippen molar-refractivity contribution in [2.24, 2.45) is 0 Å². The molecule has 0 atom stereocenters. The molecule has 3 nitrogen and oxygen atoms in total. The number of phenolic OH excluding ortho intramolecular Hbond substituents is 2. The van der Waals surface area contributed by atoms with E-state index in [1.54, 1.807) is 12.1 Å². The molecule has 3 heteroatoms. The molecule has 0 unspecified atom stereocenters. The van der Waals surface area contributed by atoms with Crippen molar-refractivity contribution in [1.82, 2.24) is 4.90 Å². The lowest BCUT2D eigenvalue weighted by Crippen LogP contribution is -2.18. The SMILES string of the molecule is Oc1ccc(CN2CCCC2)cc1O. The van der Waals surface area contributed by atoms with E-state index in [0.29, 0.717) is 0 Å². The van der Waals surface area contributed by atoms with Crippen LogP contribution in [0.4, 0.5) is 0 Å². The molecule has 1 aromatic carbocycles. The molecule has 0 aliphatic carbocycles. The van der Waals surface area contributed by atoms with Gasteiger partial charge < -0.3 is 10.2 Å². The van der Waals surface area contributed by atoms with Gasteiger partial charge in [0.15, 0.2) is 11.5 Å². The molecule has 0 amide bonds. The fourth-order valence-electron chi connectivity index (χ4n) is 1.87. The summed E-state index contributed by atoms with van der Waals surface area (Å²) in [7, 11) is 0. The molecule has 2 N–H and O–H groups in total. The average Bonchev–Trinajstić information content (AvgIpc) is 2.64. The van der Waals surface area contributed by atoms with E-state index in [-0.39, 0.29) is 11.5 Å². The predicted molar refractivity (Wildman–Crippen MR) is 54.3 cm³/mol. The van der Waals surface area contributed by atoms with Gasteiger partial charge in [-0.15, -0.1) is 0 Å². The summed E-state index contributed by atoms with van der Waals surface area (Å²) in [6.45, 7) is 3.15. The summed E-state index contributed by atoms with van der Waals surface area (Å²) < 4.78 is 0. The Morgan fingerprint density at radius 1 is 1.07 bits per heavy atom. The third-order valence-corrected chi connectivity index (χ3v) is 2.64. The van der Waals surface area contributed by atoms with Crippen LogP contribution in [0.25, 0.3) is 0 Å². The Labute approximate surface area is 83.6 Å². The zero-order chi connectivity index (χ0) is 9.97. The van der Waals surface area contributed by atoms with E-state index >= 15 is 0 Å². The Hall–Kier alpha value is -1.22. The highest BCUT2D eigenvalue weighted by Gasteiger charge is 2.12. The maximum Gasteiger partial charge on any atom is 0.157 e. The van der Waals surface area contributed by atoms with Gasteiger partial charge in [-0.25, -0.2) is 0 Å². The van der Waals surface area contributed by atoms with E-state index in [4.69, 9.17) is 5.11 Å². The molecule has 1 saturated heterocycles. The monoisotopic (exact) mass is 193 g/mol. The van der Waals surface area contributed by atoms with Crippen LogP contribution < -0.4 is 0 Å². The maximum atomic E-state index is 9.31. The lowest BCUT2D eigenvalue weighted by molar-refractivity contribution is 0.330. The van der Waals surface area contributed by atoms with Crippen molar-refractivity contribution in [2.75, 3.05) is 13.1 Å². The van der Waals surface area contributed by atoms with Gasteiger partial charge >= 0.3 is 0 Å². The molecule has 2 rings (SSSR count). The third kappa shape index (κ3) is 1.99. The standard InChI is InChI=1S/C11H15NO2/c13-10-4-3-9(7-11(10)14)8-12-5-1-2-6-12/h3-4,7,13-14H,1-2,5-6,8H2. The molecule has 76 valence electrons. The van der Waals surface area contributed by atoms with Crippen LogP contribution in [0.1, 0.15) is 18.4 Å². The fraction of sp³-hybridized carbons (Fsp3) is 0.455. The minimum Gasteiger partial charge on any atom is -0.504 e. The first-order valence-corrected chi connectivity index (χ1v) is 4.99. The van der Waals surface area contributed by atoms with Gasteiger partial charge in [0.1, 0.15) is 0 Å². The van der Waals surface area contributed by atoms with Crippen LogP contribution in [0.3, 0.4) is 0 Å². The highest BCUT2D eigenvalue weighted by atomic mass is 16.3. The first-order chi connectivity index (χ1) is 6.75. The van der Waals surface area contributed by atoms with Crippen LogP contribution >= 0.6 is 0 Å². The maximum absolute atomic E-state index is 9.31. The van der Waals surface area contributed by atoms with Crippen molar-refractivity contribution in [1.29, 1.82) is 0 Å². The van der Waals surface area contributed by atoms with Gasteiger partial charge in [-0.05, 0) is 43.6 Å². The average molecular weight is 193 g/mol. The topological polar surface area (TPSA) is 43.7 Å². The molecular formula is C11H15NO2. The van der Waals surface area contributed by atoms with Crippen molar-refractivity contribution in [2.45, 2.75) is 19.4 Å². The van der Waals surface area contributed by atoms with Crippen LogP contribution in [0, 0.1) is 0 Å². The Balaban J connectivity index is 2.05. The molecule has 0 bridgehead atoms. The second-order valence-corrected chi connectivity index (χ2v) is 3.81. The van der Waals surface area contributed by atoms with Gasteiger partial charge in [-0.2, -0.15) is 0 Å². The van der Waals surface area contributed by atoms with Gasteiger partial charge in [0, 0.05) is 6.54 Å². The van der Waals surface area contributed by atoms with E-state index in [2.05, 4.69) is 4.90 Å². The van der Waals surface area contributed by atoms with Gasteiger partial charge in [0.25, 0.3) is 0 Å². The molecule has 1 aliphatic rings. The number of hydrogen-bond donors (Lipinski definition) is 2. The van der Waals surface area contributed by atoms with Crippen LogP contribution in [0.15, 0.2) is 18.2 Å². The first-order valence-electron chi connectivity index (χ1n) is 4.99. The van der Waals surface area contributed by atoms with Crippen LogP contribution in [-0.2, 0) is 6.54 Å². The molecule has 1 fully saturated rings.